The van der Waals surface area contributed by atoms with Gasteiger partial charge in [-0.15, -0.1) is 0 Å². The van der Waals surface area contributed by atoms with Crippen molar-refractivity contribution in [3.63, 3.8) is 0 Å². The molecule has 6 nitrogen and oxygen atoms in total. The van der Waals surface area contributed by atoms with Crippen LogP contribution in [-0.4, -0.2) is 48.0 Å². The van der Waals surface area contributed by atoms with Crippen LogP contribution in [0.2, 0.25) is 0 Å². The smallest absolute Gasteiger partial charge is 0.410 e. The van der Waals surface area contributed by atoms with Gasteiger partial charge in [0, 0.05) is 19.5 Å². The molecule has 0 spiro atoms. The fourth-order valence-electron chi connectivity index (χ4n) is 2.01. The molecule has 1 aliphatic heterocycles. The van der Waals surface area contributed by atoms with Crippen molar-refractivity contribution in [2.75, 3.05) is 19.7 Å². The van der Waals surface area contributed by atoms with Crippen molar-refractivity contribution in [3.05, 3.63) is 0 Å². The van der Waals surface area contributed by atoms with Crippen molar-refractivity contribution in [2.24, 2.45) is 5.41 Å². The van der Waals surface area contributed by atoms with E-state index in [9.17, 15) is 14.4 Å². The van der Waals surface area contributed by atoms with Gasteiger partial charge < -0.3 is 14.4 Å². The van der Waals surface area contributed by atoms with Crippen LogP contribution in [0.1, 0.15) is 41.0 Å². The number of nitrogens with zero attached hydrogens (tertiary/aromatic N) is 1. The summed E-state index contributed by atoms with van der Waals surface area (Å²) in [5.74, 6) is -0.783. The van der Waals surface area contributed by atoms with Gasteiger partial charge in [0.2, 0.25) is 0 Å². The average Bonchev–Trinajstić information content (AvgIpc) is 2.30. The lowest BCUT2D eigenvalue weighted by molar-refractivity contribution is -0.162. The van der Waals surface area contributed by atoms with Crippen LogP contribution in [0.4, 0.5) is 4.79 Å². The Morgan fingerprint density at radius 3 is 2.45 bits per heavy atom. The molecule has 0 saturated carbocycles. The number of esters is 1. The quantitative estimate of drug-likeness (QED) is 0.571. The highest BCUT2D eigenvalue weighted by molar-refractivity contribution is 6.04. The third-order valence-corrected chi connectivity index (χ3v) is 3.11. The van der Waals surface area contributed by atoms with E-state index in [1.54, 1.807) is 27.7 Å². The molecule has 0 aromatic carbocycles. The first-order chi connectivity index (χ1) is 9.10. The second-order valence-corrected chi connectivity index (χ2v) is 6.13. The van der Waals surface area contributed by atoms with E-state index in [1.165, 1.54) is 11.8 Å². The Bertz CT molecular complexity index is 412. The summed E-state index contributed by atoms with van der Waals surface area (Å²) < 4.78 is 10.2. The van der Waals surface area contributed by atoms with Gasteiger partial charge in [-0.2, -0.15) is 0 Å². The Labute approximate surface area is 119 Å². The number of likely N-dealkylation sites (tertiary alicyclic amines) is 1. The number of Topliss-reactive ketones (excluding diaryl/α,β-unsaturated/α-hetero) is 1. The third-order valence-electron chi connectivity index (χ3n) is 3.11. The van der Waals surface area contributed by atoms with E-state index in [-0.39, 0.29) is 31.9 Å². The van der Waals surface area contributed by atoms with E-state index in [0.29, 0.717) is 0 Å². The standard InChI is InChI=1S/C14H23NO5/c1-6-19-11(17)14(5)9-15(8-7-10(14)16)12(18)20-13(2,3)4/h6-9H2,1-5H3. The fraction of sp³-hybridized carbons (Fsp3) is 0.786. The molecule has 0 radical (unpaired) electrons. The minimum absolute atomic E-state index is 0.000417. The molecule has 0 aliphatic carbocycles. The van der Waals surface area contributed by atoms with E-state index in [1.807, 2.05) is 0 Å². The number of hydrogen-bond acceptors (Lipinski definition) is 5. The predicted octanol–water partition coefficient (Wildman–Crippen LogP) is 1.77. The summed E-state index contributed by atoms with van der Waals surface area (Å²) in [6.07, 6.45) is -0.380. The number of carbonyl (C=O) groups excluding carboxylic acids is 3. The molecule has 0 aromatic rings. The molecule has 20 heavy (non-hydrogen) atoms. The van der Waals surface area contributed by atoms with Gasteiger partial charge in [-0.1, -0.05) is 0 Å². The zero-order chi connectivity index (χ0) is 15.6. The highest BCUT2D eigenvalue weighted by Gasteiger charge is 2.48. The number of hydrogen-bond donors (Lipinski definition) is 0. The number of ether oxygens (including phenoxy) is 2. The number of carbonyl (C=O) groups is 3. The molecule has 1 rings (SSSR count). The van der Waals surface area contributed by atoms with Gasteiger partial charge >= 0.3 is 12.1 Å². The minimum atomic E-state index is -1.30. The summed E-state index contributed by atoms with van der Waals surface area (Å²) in [5, 5.41) is 0. The van der Waals surface area contributed by atoms with Crippen molar-refractivity contribution in [2.45, 2.75) is 46.6 Å². The first-order valence-electron chi connectivity index (χ1n) is 6.78. The zero-order valence-electron chi connectivity index (χ0n) is 12.8. The van der Waals surface area contributed by atoms with Gasteiger partial charge in [0.05, 0.1) is 6.61 Å². The molecule has 1 saturated heterocycles. The Morgan fingerprint density at radius 2 is 1.95 bits per heavy atom. The molecule has 1 unspecified atom stereocenters. The van der Waals surface area contributed by atoms with Crippen molar-refractivity contribution in [1.82, 2.24) is 4.90 Å². The first-order valence-corrected chi connectivity index (χ1v) is 6.78. The summed E-state index contributed by atoms with van der Waals surface area (Å²) in [5.41, 5.74) is -1.91. The van der Waals surface area contributed by atoms with E-state index >= 15 is 0 Å². The van der Waals surface area contributed by atoms with Crippen LogP contribution in [0.15, 0.2) is 0 Å². The van der Waals surface area contributed by atoms with Gasteiger partial charge in [0.1, 0.15) is 11.0 Å². The van der Waals surface area contributed by atoms with E-state index in [4.69, 9.17) is 9.47 Å². The molecule has 1 aliphatic rings. The van der Waals surface area contributed by atoms with E-state index < -0.39 is 23.1 Å². The van der Waals surface area contributed by atoms with Crippen LogP contribution in [0.5, 0.6) is 0 Å². The van der Waals surface area contributed by atoms with Gasteiger partial charge in [0.25, 0.3) is 0 Å². The lowest BCUT2D eigenvalue weighted by Gasteiger charge is -2.37. The van der Waals surface area contributed by atoms with Crippen LogP contribution in [-0.2, 0) is 19.1 Å². The Morgan fingerprint density at radius 1 is 1.35 bits per heavy atom. The maximum Gasteiger partial charge on any atom is 0.410 e. The van der Waals surface area contributed by atoms with Crippen molar-refractivity contribution >= 4 is 17.8 Å². The highest BCUT2D eigenvalue weighted by atomic mass is 16.6. The van der Waals surface area contributed by atoms with Crippen molar-refractivity contribution < 1.29 is 23.9 Å². The molecular formula is C14H23NO5. The van der Waals surface area contributed by atoms with Crippen molar-refractivity contribution in [1.29, 1.82) is 0 Å². The molecule has 1 heterocycles. The number of amides is 1. The summed E-state index contributed by atoms with van der Waals surface area (Å²) in [7, 11) is 0. The topological polar surface area (TPSA) is 72.9 Å². The summed E-state index contributed by atoms with van der Waals surface area (Å²) in [4.78, 5) is 37.4. The van der Waals surface area contributed by atoms with Crippen LogP contribution in [0, 0.1) is 5.41 Å². The minimum Gasteiger partial charge on any atom is -0.465 e. The van der Waals surface area contributed by atoms with E-state index in [2.05, 4.69) is 0 Å². The summed E-state index contributed by atoms with van der Waals surface area (Å²) in [6, 6.07) is 0. The molecule has 1 atom stereocenters. The monoisotopic (exact) mass is 285 g/mol. The fourth-order valence-corrected chi connectivity index (χ4v) is 2.01. The summed E-state index contributed by atoms with van der Waals surface area (Å²) in [6.45, 7) is 8.97. The highest BCUT2D eigenvalue weighted by Crippen LogP contribution is 2.28. The largest absolute Gasteiger partial charge is 0.465 e. The molecule has 114 valence electrons. The number of ketones is 1. The molecule has 0 N–H and O–H groups in total. The molecule has 6 heteroatoms. The maximum atomic E-state index is 12.0. The lowest BCUT2D eigenvalue weighted by Crippen LogP contribution is -2.55. The van der Waals surface area contributed by atoms with Gasteiger partial charge in [0.15, 0.2) is 5.78 Å². The van der Waals surface area contributed by atoms with Crippen LogP contribution >= 0.6 is 0 Å². The molecule has 1 amide bonds. The zero-order valence-corrected chi connectivity index (χ0v) is 12.8. The average molecular weight is 285 g/mol. The second kappa shape index (κ2) is 5.81. The van der Waals surface area contributed by atoms with Crippen LogP contribution in [0.3, 0.4) is 0 Å². The van der Waals surface area contributed by atoms with E-state index in [0.717, 1.165) is 0 Å². The number of piperidine rings is 1. The maximum absolute atomic E-state index is 12.0. The first kappa shape index (κ1) is 16.5. The Balaban J connectivity index is 2.82. The van der Waals surface area contributed by atoms with Crippen LogP contribution in [0.25, 0.3) is 0 Å². The molecule has 0 aromatic heterocycles. The molecule has 0 bridgehead atoms. The Hall–Kier alpha value is -1.59. The lowest BCUT2D eigenvalue weighted by atomic mass is 9.80. The Kier molecular flexibility index (Phi) is 4.78. The third kappa shape index (κ3) is 3.71. The SMILES string of the molecule is CCOC(=O)C1(C)CN(C(=O)OC(C)(C)C)CCC1=O. The van der Waals surface area contributed by atoms with Crippen LogP contribution < -0.4 is 0 Å². The van der Waals surface area contributed by atoms with Gasteiger partial charge in [-0.3, -0.25) is 9.59 Å². The molecule has 1 fully saturated rings. The van der Waals surface area contributed by atoms with Crippen molar-refractivity contribution in [3.8, 4) is 0 Å². The second-order valence-electron chi connectivity index (χ2n) is 6.13. The number of rotatable bonds is 2. The van der Waals surface area contributed by atoms with Gasteiger partial charge in [-0.25, -0.2) is 4.79 Å². The van der Waals surface area contributed by atoms with Gasteiger partial charge in [-0.05, 0) is 34.6 Å². The predicted molar refractivity (Wildman–Crippen MR) is 72.2 cm³/mol. The summed E-state index contributed by atoms with van der Waals surface area (Å²) >= 11 is 0. The molecular weight excluding hydrogens is 262 g/mol. The normalized spacial score (nSPS) is 23.4.